The van der Waals surface area contributed by atoms with Crippen LogP contribution in [0.15, 0.2) is 42.5 Å². The summed E-state index contributed by atoms with van der Waals surface area (Å²) in [6.07, 6.45) is 0.683. The van der Waals surface area contributed by atoms with Crippen molar-refractivity contribution in [2.45, 2.75) is 20.3 Å². The van der Waals surface area contributed by atoms with Crippen LogP contribution < -0.4 is 10.1 Å². The molecular weight excluding hydrogens is 335 g/mol. The molecule has 0 aliphatic rings. The molecule has 0 unspecified atom stereocenters. The lowest BCUT2D eigenvalue weighted by molar-refractivity contribution is -0.116. The Balaban J connectivity index is 2.15. The number of nitrogens with one attached hydrogen (secondary N) is 1. The number of ether oxygens (including phenoxy) is 1. The van der Waals surface area contributed by atoms with Crippen molar-refractivity contribution in [3.63, 3.8) is 0 Å². The average molecular weight is 358 g/mol. The number of methoxy groups -OCH3 is 1. The van der Waals surface area contributed by atoms with E-state index in [1.165, 1.54) is 24.1 Å². The van der Waals surface area contributed by atoms with Crippen LogP contribution in [0.25, 0.3) is 0 Å². The van der Waals surface area contributed by atoms with E-state index in [4.69, 9.17) is 4.74 Å². The van der Waals surface area contributed by atoms with Crippen LogP contribution in [0.2, 0.25) is 0 Å². The zero-order valence-corrected chi connectivity index (χ0v) is 15.2. The summed E-state index contributed by atoms with van der Waals surface area (Å²) in [7, 11) is 1.52. The van der Waals surface area contributed by atoms with Gasteiger partial charge >= 0.3 is 0 Å². The van der Waals surface area contributed by atoms with Crippen LogP contribution in [0.4, 0.5) is 10.1 Å². The molecule has 26 heavy (non-hydrogen) atoms. The van der Waals surface area contributed by atoms with Crippen LogP contribution in [0.3, 0.4) is 0 Å². The van der Waals surface area contributed by atoms with Crippen LogP contribution in [0, 0.1) is 12.7 Å². The minimum Gasteiger partial charge on any atom is -0.495 e. The summed E-state index contributed by atoms with van der Waals surface area (Å²) in [5, 5.41) is 2.75. The highest BCUT2D eigenvalue weighted by Gasteiger charge is 2.20. The lowest BCUT2D eigenvalue weighted by Crippen LogP contribution is -2.39. The summed E-state index contributed by atoms with van der Waals surface area (Å²) in [5.41, 5.74) is 1.47. The fraction of sp³-hybridized carbons (Fsp3) is 0.300. The van der Waals surface area contributed by atoms with Crippen molar-refractivity contribution in [1.82, 2.24) is 4.90 Å². The Labute approximate surface area is 152 Å². The van der Waals surface area contributed by atoms with Crippen LogP contribution in [0.5, 0.6) is 5.75 Å². The molecule has 0 heterocycles. The predicted octanol–water partition coefficient (Wildman–Crippen LogP) is 3.63. The topological polar surface area (TPSA) is 58.6 Å². The molecule has 0 aliphatic heterocycles. The summed E-state index contributed by atoms with van der Waals surface area (Å²) in [6, 6.07) is 11.1. The number of benzene rings is 2. The Morgan fingerprint density at radius 2 is 1.92 bits per heavy atom. The predicted molar refractivity (Wildman–Crippen MR) is 99.0 cm³/mol. The van der Waals surface area contributed by atoms with Gasteiger partial charge in [0.1, 0.15) is 18.1 Å². The molecule has 2 aromatic rings. The van der Waals surface area contributed by atoms with Gasteiger partial charge in [0.05, 0.1) is 12.8 Å². The van der Waals surface area contributed by atoms with Crippen molar-refractivity contribution in [3.05, 3.63) is 59.4 Å². The van der Waals surface area contributed by atoms with Gasteiger partial charge in [-0.3, -0.25) is 9.59 Å². The number of aryl methyl sites for hydroxylation is 1. The van der Waals surface area contributed by atoms with Gasteiger partial charge in [-0.25, -0.2) is 4.39 Å². The van der Waals surface area contributed by atoms with Gasteiger partial charge in [-0.15, -0.1) is 0 Å². The summed E-state index contributed by atoms with van der Waals surface area (Å²) >= 11 is 0. The van der Waals surface area contributed by atoms with E-state index < -0.39 is 5.82 Å². The van der Waals surface area contributed by atoms with Crippen molar-refractivity contribution in [3.8, 4) is 5.75 Å². The van der Waals surface area contributed by atoms with Crippen molar-refractivity contribution < 1.29 is 18.7 Å². The molecule has 138 valence electrons. The first-order valence-electron chi connectivity index (χ1n) is 8.44. The first-order valence-corrected chi connectivity index (χ1v) is 8.44. The van der Waals surface area contributed by atoms with E-state index in [9.17, 15) is 14.0 Å². The van der Waals surface area contributed by atoms with E-state index >= 15 is 0 Å². The van der Waals surface area contributed by atoms with Gasteiger partial charge in [0, 0.05) is 12.1 Å². The third-order valence-corrected chi connectivity index (χ3v) is 3.93. The molecular formula is C20H23FN2O3. The van der Waals surface area contributed by atoms with E-state index in [-0.39, 0.29) is 23.9 Å². The quantitative estimate of drug-likeness (QED) is 0.822. The molecule has 0 fully saturated rings. The Bertz CT molecular complexity index is 792. The smallest absolute Gasteiger partial charge is 0.254 e. The third-order valence-electron chi connectivity index (χ3n) is 3.93. The van der Waals surface area contributed by atoms with Gasteiger partial charge in [0.15, 0.2) is 0 Å². The molecule has 2 amide bonds. The highest BCUT2D eigenvalue weighted by atomic mass is 19.1. The highest BCUT2D eigenvalue weighted by Crippen LogP contribution is 2.23. The minimum absolute atomic E-state index is 0.124. The summed E-state index contributed by atoms with van der Waals surface area (Å²) in [4.78, 5) is 26.6. The molecule has 5 nitrogen and oxygen atoms in total. The molecule has 2 aromatic carbocycles. The second kappa shape index (κ2) is 8.99. The summed E-state index contributed by atoms with van der Waals surface area (Å²) in [6.45, 7) is 3.93. The largest absolute Gasteiger partial charge is 0.495 e. The van der Waals surface area contributed by atoms with E-state index in [0.29, 0.717) is 30.0 Å². The fourth-order valence-corrected chi connectivity index (χ4v) is 2.63. The van der Waals surface area contributed by atoms with Crippen LogP contribution in [-0.4, -0.2) is 36.9 Å². The number of rotatable bonds is 7. The molecule has 0 atom stereocenters. The molecule has 0 bridgehead atoms. The molecule has 0 aliphatic carbocycles. The molecule has 0 aromatic heterocycles. The Kier molecular flexibility index (Phi) is 6.72. The first-order chi connectivity index (χ1) is 12.5. The van der Waals surface area contributed by atoms with Gasteiger partial charge in [0.25, 0.3) is 5.91 Å². The van der Waals surface area contributed by atoms with E-state index in [2.05, 4.69) is 5.32 Å². The van der Waals surface area contributed by atoms with E-state index in [1.54, 1.807) is 37.3 Å². The van der Waals surface area contributed by atoms with E-state index in [1.807, 2.05) is 6.92 Å². The van der Waals surface area contributed by atoms with Crippen LogP contribution in [0.1, 0.15) is 29.3 Å². The number of hydrogen-bond acceptors (Lipinski definition) is 3. The highest BCUT2D eigenvalue weighted by molar-refractivity contribution is 6.00. The average Bonchev–Trinajstić information content (AvgIpc) is 2.63. The standard InChI is InChI=1S/C20H23FN2O3/c1-4-11-23(20(25)16-12-15(21)10-9-14(16)2)13-19(24)22-17-7-5-6-8-18(17)26-3/h5-10,12H,4,11,13H2,1-3H3,(H,22,24). The minimum atomic E-state index is -0.478. The number of halogens is 1. The van der Waals surface area contributed by atoms with Crippen molar-refractivity contribution in [2.24, 2.45) is 0 Å². The second-order valence-corrected chi connectivity index (χ2v) is 5.93. The van der Waals surface area contributed by atoms with Crippen LogP contribution >= 0.6 is 0 Å². The Hall–Kier alpha value is -2.89. The second-order valence-electron chi connectivity index (χ2n) is 5.93. The summed E-state index contributed by atoms with van der Waals surface area (Å²) < 4.78 is 18.7. The van der Waals surface area contributed by atoms with Crippen molar-refractivity contribution in [1.29, 1.82) is 0 Å². The normalized spacial score (nSPS) is 10.3. The zero-order valence-electron chi connectivity index (χ0n) is 15.2. The van der Waals surface area contributed by atoms with Crippen molar-refractivity contribution in [2.75, 3.05) is 25.5 Å². The summed E-state index contributed by atoms with van der Waals surface area (Å²) in [5.74, 6) is -0.645. The molecule has 0 saturated carbocycles. The molecule has 6 heteroatoms. The van der Waals surface area contributed by atoms with Crippen LogP contribution in [-0.2, 0) is 4.79 Å². The Morgan fingerprint density at radius 3 is 2.62 bits per heavy atom. The van der Waals surface area contributed by atoms with Gasteiger partial charge in [-0.05, 0) is 43.2 Å². The maximum atomic E-state index is 13.5. The number of carbonyl (C=O) groups excluding carboxylic acids is 2. The van der Waals surface area contributed by atoms with E-state index in [0.717, 1.165) is 0 Å². The molecule has 0 spiro atoms. The lowest BCUT2D eigenvalue weighted by Gasteiger charge is -2.23. The number of carbonyl (C=O) groups is 2. The zero-order chi connectivity index (χ0) is 19.1. The van der Waals surface area contributed by atoms with Gasteiger partial charge in [0.2, 0.25) is 5.91 Å². The molecule has 0 saturated heterocycles. The third kappa shape index (κ3) is 4.81. The molecule has 1 N–H and O–H groups in total. The monoisotopic (exact) mass is 358 g/mol. The van der Waals surface area contributed by atoms with Gasteiger partial charge < -0.3 is 15.0 Å². The van der Waals surface area contributed by atoms with Gasteiger partial charge in [-0.2, -0.15) is 0 Å². The first kappa shape index (κ1) is 19.4. The number of amides is 2. The maximum absolute atomic E-state index is 13.5. The number of anilines is 1. The SMILES string of the molecule is CCCN(CC(=O)Nc1ccccc1OC)C(=O)c1cc(F)ccc1C. The fourth-order valence-electron chi connectivity index (χ4n) is 2.63. The van der Waals surface area contributed by atoms with Gasteiger partial charge in [-0.1, -0.05) is 25.1 Å². The molecule has 0 radical (unpaired) electrons. The van der Waals surface area contributed by atoms with Crippen molar-refractivity contribution >= 4 is 17.5 Å². The number of hydrogen-bond donors (Lipinski definition) is 1. The Morgan fingerprint density at radius 1 is 1.19 bits per heavy atom. The number of nitrogens with zero attached hydrogens (tertiary/aromatic N) is 1. The maximum Gasteiger partial charge on any atom is 0.254 e. The molecule has 2 rings (SSSR count). The number of para-hydroxylation sites is 2. The lowest BCUT2D eigenvalue weighted by atomic mass is 10.1.